The highest BCUT2D eigenvalue weighted by atomic mass is 32.2. The highest BCUT2D eigenvalue weighted by molar-refractivity contribution is 7.89. The summed E-state index contributed by atoms with van der Waals surface area (Å²) in [5, 5.41) is 2.65. The maximum absolute atomic E-state index is 12.4. The second kappa shape index (κ2) is 8.50. The Labute approximate surface area is 147 Å². The van der Waals surface area contributed by atoms with Crippen molar-refractivity contribution in [1.82, 2.24) is 10.0 Å². The molecule has 1 amide bonds. The SMILES string of the molecule is COc1cccc(OC)c1C(=O)NCCNS(=O)(=O)c1ccccc1. The first kappa shape index (κ1) is 18.8. The van der Waals surface area contributed by atoms with Gasteiger partial charge in [-0.2, -0.15) is 0 Å². The molecule has 0 bridgehead atoms. The summed E-state index contributed by atoms with van der Waals surface area (Å²) >= 11 is 0. The van der Waals surface area contributed by atoms with Gasteiger partial charge in [-0.05, 0) is 24.3 Å². The molecule has 0 fully saturated rings. The van der Waals surface area contributed by atoms with Gasteiger partial charge in [-0.3, -0.25) is 4.79 Å². The molecule has 2 aromatic rings. The molecule has 0 aliphatic rings. The molecule has 0 unspecified atom stereocenters. The number of hydrogen-bond acceptors (Lipinski definition) is 5. The Kier molecular flexibility index (Phi) is 6.37. The topological polar surface area (TPSA) is 93.7 Å². The molecule has 0 aliphatic heterocycles. The van der Waals surface area contributed by atoms with E-state index < -0.39 is 15.9 Å². The number of amides is 1. The minimum atomic E-state index is -3.60. The monoisotopic (exact) mass is 364 g/mol. The Morgan fingerprint density at radius 2 is 1.52 bits per heavy atom. The van der Waals surface area contributed by atoms with Crippen molar-refractivity contribution in [3.8, 4) is 11.5 Å². The van der Waals surface area contributed by atoms with Gasteiger partial charge >= 0.3 is 0 Å². The number of benzene rings is 2. The number of rotatable bonds is 8. The van der Waals surface area contributed by atoms with E-state index in [9.17, 15) is 13.2 Å². The van der Waals surface area contributed by atoms with E-state index >= 15 is 0 Å². The summed E-state index contributed by atoms with van der Waals surface area (Å²) < 4.78 is 37.0. The van der Waals surface area contributed by atoms with Crippen LogP contribution in [0.3, 0.4) is 0 Å². The zero-order chi connectivity index (χ0) is 18.3. The first-order valence-corrected chi connectivity index (χ1v) is 9.02. The van der Waals surface area contributed by atoms with Crippen LogP contribution < -0.4 is 19.5 Å². The molecule has 0 saturated heterocycles. The van der Waals surface area contributed by atoms with Crippen molar-refractivity contribution in [3.05, 3.63) is 54.1 Å². The van der Waals surface area contributed by atoms with Crippen LogP contribution in [0.15, 0.2) is 53.4 Å². The van der Waals surface area contributed by atoms with E-state index in [4.69, 9.17) is 9.47 Å². The molecule has 0 aliphatic carbocycles. The fraction of sp³-hybridized carbons (Fsp3) is 0.235. The molecule has 0 atom stereocenters. The number of nitrogens with one attached hydrogen (secondary N) is 2. The van der Waals surface area contributed by atoms with Gasteiger partial charge < -0.3 is 14.8 Å². The molecule has 7 nitrogen and oxygen atoms in total. The minimum Gasteiger partial charge on any atom is -0.496 e. The van der Waals surface area contributed by atoms with Gasteiger partial charge in [0.1, 0.15) is 17.1 Å². The molecule has 0 radical (unpaired) electrons. The summed E-state index contributed by atoms with van der Waals surface area (Å²) in [6, 6.07) is 13.0. The number of ether oxygens (including phenoxy) is 2. The van der Waals surface area contributed by atoms with Crippen LogP contribution in [-0.2, 0) is 10.0 Å². The lowest BCUT2D eigenvalue weighted by Gasteiger charge is -2.13. The first-order chi connectivity index (χ1) is 12.0. The Hall–Kier alpha value is -2.58. The molecule has 0 saturated carbocycles. The maximum Gasteiger partial charge on any atom is 0.258 e. The van der Waals surface area contributed by atoms with Crippen LogP contribution in [0.1, 0.15) is 10.4 Å². The fourth-order valence-corrected chi connectivity index (χ4v) is 3.26. The average molecular weight is 364 g/mol. The predicted octanol–water partition coefficient (Wildman–Crippen LogP) is 1.41. The van der Waals surface area contributed by atoms with Crippen molar-refractivity contribution in [1.29, 1.82) is 0 Å². The number of methoxy groups -OCH3 is 2. The van der Waals surface area contributed by atoms with E-state index in [1.165, 1.54) is 26.4 Å². The van der Waals surface area contributed by atoms with Crippen LogP contribution in [0.4, 0.5) is 0 Å². The van der Waals surface area contributed by atoms with Crippen LogP contribution >= 0.6 is 0 Å². The third kappa shape index (κ3) is 4.71. The molecule has 0 heterocycles. The normalized spacial score (nSPS) is 11.0. The second-order valence-corrected chi connectivity index (χ2v) is 6.77. The standard InChI is InChI=1S/C17H20N2O5S/c1-23-14-9-6-10-15(24-2)16(14)17(20)18-11-12-19-25(21,22)13-7-4-3-5-8-13/h3-10,19H,11-12H2,1-2H3,(H,18,20). The summed E-state index contributed by atoms with van der Waals surface area (Å²) in [7, 11) is -0.683. The number of carbonyl (C=O) groups excluding carboxylic acids is 1. The smallest absolute Gasteiger partial charge is 0.258 e. The third-order valence-corrected chi connectivity index (χ3v) is 4.89. The van der Waals surface area contributed by atoms with E-state index in [-0.39, 0.29) is 23.5 Å². The van der Waals surface area contributed by atoms with E-state index in [1.807, 2.05) is 0 Å². The van der Waals surface area contributed by atoms with Gasteiger partial charge in [0, 0.05) is 13.1 Å². The lowest BCUT2D eigenvalue weighted by Crippen LogP contribution is -2.35. The zero-order valence-electron chi connectivity index (χ0n) is 14.0. The lowest BCUT2D eigenvalue weighted by atomic mass is 10.1. The molecule has 134 valence electrons. The predicted molar refractivity (Wildman–Crippen MR) is 93.5 cm³/mol. The molecule has 2 rings (SSSR count). The van der Waals surface area contributed by atoms with Crippen LogP contribution in [0.5, 0.6) is 11.5 Å². The van der Waals surface area contributed by atoms with E-state index in [2.05, 4.69) is 10.0 Å². The molecule has 0 spiro atoms. The van der Waals surface area contributed by atoms with Crippen molar-refractivity contribution in [3.63, 3.8) is 0 Å². The van der Waals surface area contributed by atoms with Gasteiger partial charge in [0.05, 0.1) is 19.1 Å². The summed E-state index contributed by atoms with van der Waals surface area (Å²) in [6.45, 7) is 0.173. The summed E-state index contributed by atoms with van der Waals surface area (Å²) in [5.74, 6) is 0.344. The van der Waals surface area contributed by atoms with Crippen molar-refractivity contribution >= 4 is 15.9 Å². The molecular formula is C17H20N2O5S. The molecule has 2 N–H and O–H groups in total. The first-order valence-electron chi connectivity index (χ1n) is 7.53. The molecular weight excluding hydrogens is 344 g/mol. The average Bonchev–Trinajstić information content (AvgIpc) is 2.65. The minimum absolute atomic E-state index is 0.0560. The van der Waals surface area contributed by atoms with E-state index in [1.54, 1.807) is 36.4 Å². The quantitative estimate of drug-likeness (QED) is 0.691. The Bertz CT molecular complexity index is 800. The lowest BCUT2D eigenvalue weighted by molar-refractivity contribution is 0.0948. The molecule has 2 aromatic carbocycles. The summed E-state index contributed by atoms with van der Waals surface area (Å²) in [4.78, 5) is 12.5. The van der Waals surface area contributed by atoms with Gasteiger partial charge in [0.2, 0.25) is 10.0 Å². The largest absolute Gasteiger partial charge is 0.496 e. The number of sulfonamides is 1. The van der Waals surface area contributed by atoms with Gasteiger partial charge in [-0.15, -0.1) is 0 Å². The highest BCUT2D eigenvalue weighted by Gasteiger charge is 2.18. The van der Waals surface area contributed by atoms with Crippen molar-refractivity contribution in [2.75, 3.05) is 27.3 Å². The fourth-order valence-electron chi connectivity index (χ4n) is 2.21. The van der Waals surface area contributed by atoms with Gasteiger partial charge in [-0.25, -0.2) is 13.1 Å². The molecule has 0 aromatic heterocycles. The van der Waals surface area contributed by atoms with Crippen LogP contribution in [0.25, 0.3) is 0 Å². The zero-order valence-corrected chi connectivity index (χ0v) is 14.8. The van der Waals surface area contributed by atoms with Crippen molar-refractivity contribution < 1.29 is 22.7 Å². The van der Waals surface area contributed by atoms with E-state index in [0.29, 0.717) is 11.5 Å². The van der Waals surface area contributed by atoms with Crippen molar-refractivity contribution in [2.45, 2.75) is 4.90 Å². The maximum atomic E-state index is 12.4. The van der Waals surface area contributed by atoms with Crippen LogP contribution in [0.2, 0.25) is 0 Å². The second-order valence-electron chi connectivity index (χ2n) is 5.00. The highest BCUT2D eigenvalue weighted by Crippen LogP contribution is 2.27. The number of hydrogen-bond donors (Lipinski definition) is 2. The summed E-state index contributed by atoms with van der Waals surface area (Å²) in [6.07, 6.45) is 0. The van der Waals surface area contributed by atoms with Crippen LogP contribution in [0, 0.1) is 0 Å². The van der Waals surface area contributed by atoms with Gasteiger partial charge in [-0.1, -0.05) is 24.3 Å². The Balaban J connectivity index is 1.96. The van der Waals surface area contributed by atoms with Gasteiger partial charge in [0.15, 0.2) is 0 Å². The van der Waals surface area contributed by atoms with Crippen LogP contribution in [-0.4, -0.2) is 41.6 Å². The molecule has 25 heavy (non-hydrogen) atoms. The van der Waals surface area contributed by atoms with E-state index in [0.717, 1.165) is 0 Å². The third-order valence-electron chi connectivity index (χ3n) is 3.41. The molecule has 8 heteroatoms. The number of carbonyl (C=O) groups is 1. The Morgan fingerprint density at radius 3 is 2.08 bits per heavy atom. The summed E-state index contributed by atoms with van der Waals surface area (Å²) in [5.41, 5.74) is 0.262. The van der Waals surface area contributed by atoms with Crippen molar-refractivity contribution in [2.24, 2.45) is 0 Å². The van der Waals surface area contributed by atoms with Gasteiger partial charge in [0.25, 0.3) is 5.91 Å². The Morgan fingerprint density at radius 1 is 0.920 bits per heavy atom.